The van der Waals surface area contributed by atoms with Crippen LogP contribution in [-0.2, 0) is 9.53 Å². The molecular weight excluding hydrogens is 252 g/mol. The summed E-state index contributed by atoms with van der Waals surface area (Å²) in [6.45, 7) is -0.0181. The van der Waals surface area contributed by atoms with E-state index in [2.05, 4.69) is 15.4 Å². The number of carboxylic acid groups (broad SMARTS) is 1. The Kier molecular flexibility index (Phi) is 4.04. The Bertz CT molecular complexity index is 595. The largest absolute Gasteiger partial charge is 0.480 e. The van der Waals surface area contributed by atoms with Crippen molar-refractivity contribution >= 4 is 17.4 Å². The van der Waals surface area contributed by atoms with E-state index in [1.807, 2.05) is 0 Å². The van der Waals surface area contributed by atoms with Crippen molar-refractivity contribution in [1.82, 2.24) is 19.9 Å². The third kappa shape index (κ3) is 3.26. The van der Waals surface area contributed by atoms with Crippen LogP contribution in [0.15, 0.2) is 24.8 Å². The molecule has 2 aromatic heterocycles. The molecule has 0 bridgehead atoms. The summed E-state index contributed by atoms with van der Waals surface area (Å²) in [6.07, 6.45) is 6.21. The second-order valence-electron chi connectivity index (χ2n) is 3.67. The van der Waals surface area contributed by atoms with Crippen LogP contribution in [0.5, 0.6) is 0 Å². The van der Waals surface area contributed by atoms with E-state index < -0.39 is 5.97 Å². The van der Waals surface area contributed by atoms with Gasteiger partial charge < -0.3 is 15.2 Å². The highest BCUT2D eigenvalue weighted by molar-refractivity contribution is 6.00. The maximum absolute atomic E-state index is 11.9. The lowest BCUT2D eigenvalue weighted by molar-refractivity contribution is -0.142. The first-order chi connectivity index (χ1) is 9.18. The van der Waals surface area contributed by atoms with E-state index in [9.17, 15) is 9.59 Å². The summed E-state index contributed by atoms with van der Waals surface area (Å²) in [7, 11) is 0. The first-order valence-corrected chi connectivity index (χ1v) is 5.53. The Morgan fingerprint density at radius 2 is 2.26 bits per heavy atom. The highest BCUT2D eigenvalue weighted by Crippen LogP contribution is 2.07. The van der Waals surface area contributed by atoms with Gasteiger partial charge in [0, 0.05) is 18.9 Å². The van der Waals surface area contributed by atoms with Crippen LogP contribution >= 0.6 is 0 Å². The maximum atomic E-state index is 11.9. The Labute approximate surface area is 108 Å². The standard InChI is InChI=1S/C11H12N4O4/c16-10(17)7-19-4-2-13-11(18)8-5-14-15-3-1-12-6-9(8)15/h1,3,5-6H,2,4,7H2,(H,13,18)(H,16,17). The lowest BCUT2D eigenvalue weighted by atomic mass is 10.3. The van der Waals surface area contributed by atoms with Crippen LogP contribution < -0.4 is 5.32 Å². The summed E-state index contributed by atoms with van der Waals surface area (Å²) in [4.78, 5) is 26.0. The summed E-state index contributed by atoms with van der Waals surface area (Å²) < 4.78 is 6.35. The highest BCUT2D eigenvalue weighted by atomic mass is 16.5. The number of nitrogens with zero attached hydrogens (tertiary/aromatic N) is 3. The van der Waals surface area contributed by atoms with E-state index in [0.717, 1.165) is 0 Å². The molecule has 0 unspecified atom stereocenters. The molecule has 0 spiro atoms. The molecule has 8 nitrogen and oxygen atoms in total. The van der Waals surface area contributed by atoms with Crippen LogP contribution in [0.1, 0.15) is 10.4 Å². The van der Waals surface area contributed by atoms with Crippen LogP contribution in [0.4, 0.5) is 0 Å². The third-order valence-electron chi connectivity index (χ3n) is 2.33. The number of carboxylic acids is 1. The van der Waals surface area contributed by atoms with Crippen molar-refractivity contribution in [3.05, 3.63) is 30.4 Å². The topological polar surface area (TPSA) is 106 Å². The molecule has 0 aliphatic rings. The number of carbonyl (C=O) groups is 2. The zero-order valence-corrected chi connectivity index (χ0v) is 9.94. The number of amides is 1. The SMILES string of the molecule is O=C(O)COCCNC(=O)c1cnn2ccncc12. The summed E-state index contributed by atoms with van der Waals surface area (Å²) in [6, 6.07) is 0. The summed E-state index contributed by atoms with van der Waals surface area (Å²) in [5.74, 6) is -1.35. The van der Waals surface area contributed by atoms with Crippen molar-refractivity contribution in [2.24, 2.45) is 0 Å². The average Bonchev–Trinajstić information content (AvgIpc) is 2.81. The van der Waals surface area contributed by atoms with Gasteiger partial charge >= 0.3 is 5.97 Å². The van der Waals surface area contributed by atoms with Gasteiger partial charge in [-0.3, -0.25) is 9.78 Å². The maximum Gasteiger partial charge on any atom is 0.329 e. The van der Waals surface area contributed by atoms with Crippen LogP contribution in [0, 0.1) is 0 Å². The van der Waals surface area contributed by atoms with E-state index in [1.54, 1.807) is 23.1 Å². The number of rotatable bonds is 6. The molecule has 2 aromatic rings. The molecule has 2 heterocycles. The summed E-state index contributed by atoms with van der Waals surface area (Å²) in [5.41, 5.74) is 1.01. The fourth-order valence-corrected chi connectivity index (χ4v) is 1.50. The lowest BCUT2D eigenvalue weighted by Gasteiger charge is -2.04. The third-order valence-corrected chi connectivity index (χ3v) is 2.33. The molecule has 1 amide bonds. The van der Waals surface area contributed by atoms with Crippen molar-refractivity contribution in [2.45, 2.75) is 0 Å². The van der Waals surface area contributed by atoms with E-state index in [0.29, 0.717) is 11.1 Å². The molecule has 19 heavy (non-hydrogen) atoms. The predicted octanol–water partition coefficient (Wildman–Crippen LogP) is -0.440. The second-order valence-corrected chi connectivity index (χ2v) is 3.67. The van der Waals surface area contributed by atoms with E-state index in [-0.39, 0.29) is 25.7 Å². The first-order valence-electron chi connectivity index (χ1n) is 5.53. The van der Waals surface area contributed by atoms with E-state index in [1.165, 1.54) is 6.20 Å². The monoisotopic (exact) mass is 264 g/mol. The van der Waals surface area contributed by atoms with Gasteiger partial charge in [0.05, 0.1) is 30.1 Å². The quantitative estimate of drug-likeness (QED) is 0.685. The smallest absolute Gasteiger partial charge is 0.329 e. The fourth-order valence-electron chi connectivity index (χ4n) is 1.50. The zero-order valence-electron chi connectivity index (χ0n) is 9.94. The molecule has 2 N–H and O–H groups in total. The normalized spacial score (nSPS) is 10.5. The van der Waals surface area contributed by atoms with Crippen molar-refractivity contribution in [2.75, 3.05) is 19.8 Å². The number of nitrogens with one attached hydrogen (secondary N) is 1. The average molecular weight is 264 g/mol. The second kappa shape index (κ2) is 5.91. The molecule has 0 saturated heterocycles. The van der Waals surface area contributed by atoms with E-state index in [4.69, 9.17) is 9.84 Å². The Morgan fingerprint density at radius 3 is 3.05 bits per heavy atom. The minimum atomic E-state index is -1.04. The fraction of sp³-hybridized carbons (Fsp3) is 0.273. The van der Waals surface area contributed by atoms with Gasteiger partial charge in [-0.25, -0.2) is 9.31 Å². The predicted molar refractivity (Wildman–Crippen MR) is 63.8 cm³/mol. The zero-order chi connectivity index (χ0) is 13.7. The highest BCUT2D eigenvalue weighted by Gasteiger charge is 2.11. The van der Waals surface area contributed by atoms with Gasteiger partial charge in [0.2, 0.25) is 0 Å². The van der Waals surface area contributed by atoms with Crippen molar-refractivity contribution in [3.63, 3.8) is 0 Å². The van der Waals surface area contributed by atoms with Gasteiger partial charge in [0.1, 0.15) is 6.61 Å². The number of carbonyl (C=O) groups excluding carboxylic acids is 1. The molecule has 0 fully saturated rings. The van der Waals surface area contributed by atoms with Crippen LogP contribution in [-0.4, -0.2) is 51.3 Å². The minimum absolute atomic E-state index is 0.134. The number of ether oxygens (including phenoxy) is 1. The van der Waals surface area contributed by atoms with Gasteiger partial charge in [0.25, 0.3) is 5.91 Å². The Morgan fingerprint density at radius 1 is 1.42 bits per heavy atom. The number of aromatic nitrogens is 3. The van der Waals surface area contributed by atoms with Crippen molar-refractivity contribution in [3.8, 4) is 0 Å². The molecule has 8 heteroatoms. The first kappa shape index (κ1) is 13.0. The molecule has 0 saturated carbocycles. The lowest BCUT2D eigenvalue weighted by Crippen LogP contribution is -2.27. The van der Waals surface area contributed by atoms with Gasteiger partial charge in [-0.1, -0.05) is 0 Å². The summed E-state index contributed by atoms with van der Waals surface area (Å²) in [5, 5.41) is 15.0. The molecule has 0 radical (unpaired) electrons. The van der Waals surface area contributed by atoms with Crippen molar-refractivity contribution < 1.29 is 19.4 Å². The van der Waals surface area contributed by atoms with Crippen LogP contribution in [0.25, 0.3) is 5.52 Å². The Hall–Kier alpha value is -2.48. The van der Waals surface area contributed by atoms with Gasteiger partial charge in [-0.15, -0.1) is 0 Å². The number of aliphatic carboxylic acids is 1. The summed E-state index contributed by atoms with van der Waals surface area (Å²) >= 11 is 0. The number of hydrogen-bond acceptors (Lipinski definition) is 5. The van der Waals surface area contributed by atoms with Gasteiger partial charge in [0.15, 0.2) is 0 Å². The van der Waals surface area contributed by atoms with E-state index >= 15 is 0 Å². The van der Waals surface area contributed by atoms with Crippen molar-refractivity contribution in [1.29, 1.82) is 0 Å². The Balaban J connectivity index is 1.88. The molecule has 0 aliphatic heterocycles. The molecule has 0 aromatic carbocycles. The molecular formula is C11H12N4O4. The molecule has 0 atom stereocenters. The number of fused-ring (bicyclic) bond motifs is 1. The van der Waals surface area contributed by atoms with Gasteiger partial charge in [-0.2, -0.15) is 5.10 Å². The van der Waals surface area contributed by atoms with Crippen LogP contribution in [0.3, 0.4) is 0 Å². The molecule has 100 valence electrons. The molecule has 2 rings (SSSR count). The molecule has 0 aliphatic carbocycles. The number of hydrogen-bond donors (Lipinski definition) is 2. The van der Waals surface area contributed by atoms with Gasteiger partial charge in [-0.05, 0) is 0 Å². The minimum Gasteiger partial charge on any atom is -0.480 e. The van der Waals surface area contributed by atoms with Crippen LogP contribution in [0.2, 0.25) is 0 Å².